The summed E-state index contributed by atoms with van der Waals surface area (Å²) in [6.07, 6.45) is 5.53. The third-order valence-electron chi connectivity index (χ3n) is 11.6. The van der Waals surface area contributed by atoms with E-state index in [2.05, 4.69) is 197 Å². The largest absolute Gasteiger partial charge is 0.309 e. The summed E-state index contributed by atoms with van der Waals surface area (Å²) in [5, 5.41) is 2.63. The predicted octanol–water partition coefficient (Wildman–Crippen LogP) is 11.4. The van der Waals surface area contributed by atoms with Gasteiger partial charge < -0.3 is 14.7 Å². The lowest BCUT2D eigenvalue weighted by atomic mass is 9.34. The molecule has 0 N–H and O–H groups in total. The summed E-state index contributed by atoms with van der Waals surface area (Å²) in [5.41, 5.74) is 17.3. The van der Waals surface area contributed by atoms with Crippen LogP contribution in [-0.2, 0) is 6.42 Å². The van der Waals surface area contributed by atoms with Crippen molar-refractivity contribution in [3.63, 3.8) is 0 Å². The highest BCUT2D eigenvalue weighted by Crippen LogP contribution is 2.61. The van der Waals surface area contributed by atoms with E-state index < -0.39 is 0 Å². The van der Waals surface area contributed by atoms with Crippen LogP contribution < -0.4 is 31.1 Å². The van der Waals surface area contributed by atoms with Crippen LogP contribution in [0.25, 0.3) is 16.8 Å². The summed E-state index contributed by atoms with van der Waals surface area (Å²) in [4.78, 5) is 10.2. The molecule has 0 bridgehead atoms. The second-order valence-electron chi connectivity index (χ2n) is 14.4. The van der Waals surface area contributed by atoms with E-state index in [0.717, 1.165) is 29.2 Å². The molecule has 0 radical (unpaired) electrons. The number of hydrogen-bond acceptors (Lipinski definition) is 4. The second-order valence-corrected chi connectivity index (χ2v) is 15.5. The van der Waals surface area contributed by atoms with Crippen LogP contribution in [-0.4, -0.2) is 6.71 Å². The van der Waals surface area contributed by atoms with Crippen LogP contribution in [0.3, 0.4) is 0 Å². The Labute approximate surface area is 319 Å². The molecule has 1 aliphatic carbocycles. The monoisotopic (exact) mass is 705 g/mol. The Bertz CT molecular complexity index is 2870. The van der Waals surface area contributed by atoms with E-state index in [4.69, 9.17) is 0 Å². The highest BCUT2D eigenvalue weighted by atomic mass is 32.2. The van der Waals surface area contributed by atoms with Crippen molar-refractivity contribution in [2.45, 2.75) is 16.2 Å². The van der Waals surface area contributed by atoms with Gasteiger partial charge in [0, 0.05) is 32.2 Å². The summed E-state index contributed by atoms with van der Waals surface area (Å²) in [6, 6.07) is 63.0. The van der Waals surface area contributed by atoms with Gasteiger partial charge in [0.1, 0.15) is 0 Å². The van der Waals surface area contributed by atoms with E-state index in [1.165, 1.54) is 76.5 Å². The SMILES string of the molecule is C1=Cc2ccc(N3c4ccccc4N(c4ccccc4)c4c3cc3c5c4N(c4ccccc4)c4ccccc4B5c4ccccc4S3)c3cccc(c23)C1. The minimum absolute atomic E-state index is 0.0875. The van der Waals surface area contributed by atoms with Gasteiger partial charge in [-0.3, -0.25) is 0 Å². The second kappa shape index (κ2) is 11.5. The van der Waals surface area contributed by atoms with Gasteiger partial charge in [-0.2, -0.15) is 0 Å². The van der Waals surface area contributed by atoms with Gasteiger partial charge in [0.2, 0.25) is 6.71 Å². The first kappa shape index (κ1) is 30.1. The lowest BCUT2D eigenvalue weighted by Crippen LogP contribution is -2.60. The average Bonchev–Trinajstić information content (AvgIpc) is 3.24. The van der Waals surface area contributed by atoms with Gasteiger partial charge in [0.15, 0.2) is 0 Å². The zero-order valence-electron chi connectivity index (χ0n) is 29.4. The number of benzene rings is 8. The van der Waals surface area contributed by atoms with Crippen LogP contribution in [0.2, 0.25) is 0 Å². The standard InChI is InChI=1S/C49H32BN3S/c1-3-18-34(19-4-1)51-40-25-9-7-23-37(40)50-38-24-8-12-28-44(38)54-45-31-43-48(49(51)47(45)50)52(35-20-5-2-6-21-35)41-26-10-11-27-42(41)53(43)39-30-29-33-16-13-15-32-17-14-22-36(39)46(32)33/h1-14,16-31H,15H2. The first-order valence-electron chi connectivity index (χ1n) is 18.7. The minimum Gasteiger partial charge on any atom is -0.309 e. The van der Waals surface area contributed by atoms with E-state index in [1.807, 2.05) is 11.8 Å². The Kier molecular flexibility index (Phi) is 6.43. The number of nitrogens with zero attached hydrogens (tertiary/aromatic N) is 3. The number of para-hydroxylation sites is 5. The Morgan fingerprint density at radius 2 is 1.11 bits per heavy atom. The number of rotatable bonds is 3. The molecular weight excluding hydrogens is 673 g/mol. The first-order chi connectivity index (χ1) is 26.8. The van der Waals surface area contributed by atoms with Gasteiger partial charge in [-0.15, -0.1) is 0 Å². The quantitative estimate of drug-likeness (QED) is 0.169. The number of fused-ring (bicyclic) bond motifs is 7. The molecule has 8 aromatic rings. The molecule has 4 aliphatic rings. The van der Waals surface area contributed by atoms with Crippen LogP contribution in [0.15, 0.2) is 186 Å². The third-order valence-corrected chi connectivity index (χ3v) is 12.7. The van der Waals surface area contributed by atoms with Gasteiger partial charge in [-0.05, 0) is 94.5 Å². The average molecular weight is 706 g/mol. The molecule has 0 unspecified atom stereocenters. The zero-order chi connectivity index (χ0) is 35.3. The Hall–Kier alpha value is -6.43. The molecule has 3 aliphatic heterocycles. The summed E-state index contributed by atoms with van der Waals surface area (Å²) in [6.45, 7) is 0.0875. The van der Waals surface area contributed by atoms with Crippen molar-refractivity contribution < 1.29 is 0 Å². The van der Waals surface area contributed by atoms with E-state index in [-0.39, 0.29) is 6.71 Å². The van der Waals surface area contributed by atoms with Crippen LogP contribution in [0.1, 0.15) is 11.1 Å². The molecule has 0 atom stereocenters. The Balaban J connectivity index is 1.26. The lowest BCUT2D eigenvalue weighted by molar-refractivity contribution is 1.14. The van der Waals surface area contributed by atoms with Crippen LogP contribution in [0.5, 0.6) is 0 Å². The first-order valence-corrected chi connectivity index (χ1v) is 19.5. The molecule has 0 saturated carbocycles. The molecule has 252 valence electrons. The molecule has 3 nitrogen and oxygen atoms in total. The lowest BCUT2D eigenvalue weighted by Gasteiger charge is -2.47. The van der Waals surface area contributed by atoms with Gasteiger partial charge in [-0.25, -0.2) is 0 Å². The predicted molar refractivity (Wildman–Crippen MR) is 230 cm³/mol. The molecule has 5 heteroatoms. The third kappa shape index (κ3) is 4.16. The van der Waals surface area contributed by atoms with Crippen molar-refractivity contribution in [2.75, 3.05) is 14.7 Å². The summed E-state index contributed by atoms with van der Waals surface area (Å²) < 4.78 is 0. The van der Waals surface area contributed by atoms with E-state index >= 15 is 0 Å². The number of anilines is 9. The zero-order valence-corrected chi connectivity index (χ0v) is 30.2. The molecule has 3 heterocycles. The maximum atomic E-state index is 2.56. The van der Waals surface area contributed by atoms with Gasteiger partial charge >= 0.3 is 0 Å². The summed E-state index contributed by atoms with van der Waals surface area (Å²) >= 11 is 1.91. The van der Waals surface area contributed by atoms with Crippen LogP contribution in [0, 0.1) is 0 Å². The highest BCUT2D eigenvalue weighted by Gasteiger charge is 2.46. The molecule has 0 fully saturated rings. The van der Waals surface area contributed by atoms with Gasteiger partial charge in [0.25, 0.3) is 0 Å². The Morgan fingerprint density at radius 1 is 0.463 bits per heavy atom. The van der Waals surface area contributed by atoms with Crippen molar-refractivity contribution in [2.24, 2.45) is 0 Å². The molecule has 54 heavy (non-hydrogen) atoms. The molecule has 12 rings (SSSR count). The fourth-order valence-corrected chi connectivity index (χ4v) is 10.6. The van der Waals surface area contributed by atoms with E-state index in [9.17, 15) is 0 Å². The van der Waals surface area contributed by atoms with Crippen molar-refractivity contribution in [3.8, 4) is 0 Å². The van der Waals surface area contributed by atoms with Crippen LogP contribution in [0.4, 0.5) is 51.2 Å². The minimum atomic E-state index is 0.0875. The van der Waals surface area contributed by atoms with E-state index in [0.29, 0.717) is 0 Å². The van der Waals surface area contributed by atoms with E-state index in [1.54, 1.807) is 0 Å². The fourth-order valence-electron chi connectivity index (χ4n) is 9.44. The molecular formula is C49H32BN3S. The topological polar surface area (TPSA) is 9.72 Å². The molecule has 0 saturated heterocycles. The maximum absolute atomic E-state index is 2.56. The van der Waals surface area contributed by atoms with Crippen molar-refractivity contribution in [1.82, 2.24) is 0 Å². The van der Waals surface area contributed by atoms with Crippen molar-refractivity contribution in [1.29, 1.82) is 0 Å². The van der Waals surface area contributed by atoms with Crippen molar-refractivity contribution >= 4 is 103 Å². The highest BCUT2D eigenvalue weighted by molar-refractivity contribution is 8.00. The molecule has 0 spiro atoms. The van der Waals surface area contributed by atoms with Crippen LogP contribution >= 0.6 is 11.8 Å². The normalized spacial score (nSPS) is 14.3. The Morgan fingerprint density at radius 3 is 1.89 bits per heavy atom. The summed E-state index contributed by atoms with van der Waals surface area (Å²) in [5.74, 6) is 0. The molecule has 8 aromatic carbocycles. The molecule has 0 amide bonds. The van der Waals surface area contributed by atoms with Gasteiger partial charge in [-0.1, -0.05) is 139 Å². The molecule has 0 aromatic heterocycles. The number of hydrogen-bond donors (Lipinski definition) is 0. The van der Waals surface area contributed by atoms with Crippen molar-refractivity contribution in [3.05, 3.63) is 187 Å². The smallest absolute Gasteiger partial charge is 0.249 e. The number of allylic oxidation sites excluding steroid dienone is 1. The summed E-state index contributed by atoms with van der Waals surface area (Å²) in [7, 11) is 0. The maximum Gasteiger partial charge on any atom is 0.249 e. The van der Waals surface area contributed by atoms with Gasteiger partial charge in [0.05, 0.1) is 34.1 Å². The fraction of sp³-hybridized carbons (Fsp3) is 0.0204.